The van der Waals surface area contributed by atoms with Crippen LogP contribution in [0.1, 0.15) is 27.7 Å². The number of nitrogens with zero attached hydrogens (tertiary/aromatic N) is 1. The molecule has 0 unspecified atom stereocenters. The van der Waals surface area contributed by atoms with Gasteiger partial charge in [-0.2, -0.15) is 0 Å². The second-order valence-electron chi connectivity index (χ2n) is 4.67. The van der Waals surface area contributed by atoms with Gasteiger partial charge in [-0.15, -0.1) is 0 Å². The Morgan fingerprint density at radius 2 is 2.16 bits per heavy atom. The number of hydrogen-bond acceptors (Lipinski definition) is 4. The predicted molar refractivity (Wildman–Crippen MR) is 83.0 cm³/mol. The maximum atomic E-state index is 11.7. The lowest BCUT2D eigenvalue weighted by molar-refractivity contribution is 0.0636. The van der Waals surface area contributed by atoms with Gasteiger partial charge in [-0.1, -0.05) is 11.6 Å². The van der Waals surface area contributed by atoms with Crippen molar-refractivity contribution < 1.29 is 14.3 Å². The van der Waals surface area contributed by atoms with E-state index < -0.39 is 11.7 Å². The molecule has 0 aliphatic rings. The minimum absolute atomic E-state index is 0.245. The summed E-state index contributed by atoms with van der Waals surface area (Å²) in [6, 6.07) is 1.55. The molecule has 0 spiro atoms. The Labute approximate surface area is 131 Å². The van der Waals surface area contributed by atoms with E-state index in [1.807, 2.05) is 29.5 Å². The van der Waals surface area contributed by atoms with Gasteiger partial charge in [0.05, 0.1) is 15.9 Å². The van der Waals surface area contributed by atoms with Gasteiger partial charge in [0.25, 0.3) is 0 Å². The van der Waals surface area contributed by atoms with Crippen molar-refractivity contribution in [2.75, 3.05) is 11.9 Å². The van der Waals surface area contributed by atoms with Gasteiger partial charge in [-0.3, -0.25) is 5.32 Å². The molecule has 0 aliphatic heterocycles. The third kappa shape index (κ3) is 5.40. The molecule has 0 atom stereocenters. The summed E-state index contributed by atoms with van der Waals surface area (Å²) in [4.78, 5) is 15.8. The summed E-state index contributed by atoms with van der Waals surface area (Å²) in [6.45, 7) is 7.70. The van der Waals surface area contributed by atoms with Crippen molar-refractivity contribution in [2.24, 2.45) is 0 Å². The predicted octanol–water partition coefficient (Wildman–Crippen LogP) is 4.09. The molecule has 5 nitrogen and oxygen atoms in total. The molecule has 0 fully saturated rings. The lowest BCUT2D eigenvalue weighted by Gasteiger charge is -2.20. The van der Waals surface area contributed by atoms with Crippen LogP contribution in [-0.2, 0) is 4.74 Å². The van der Waals surface area contributed by atoms with Gasteiger partial charge in [-0.05, 0) is 50.3 Å². The van der Waals surface area contributed by atoms with E-state index in [1.165, 1.54) is 0 Å². The molecule has 1 N–H and O–H groups in total. The van der Waals surface area contributed by atoms with Crippen molar-refractivity contribution in [3.05, 3.63) is 14.8 Å². The van der Waals surface area contributed by atoms with Crippen LogP contribution >= 0.6 is 34.2 Å². The number of pyridine rings is 1. The van der Waals surface area contributed by atoms with E-state index in [1.54, 1.807) is 26.8 Å². The minimum Gasteiger partial charge on any atom is -0.477 e. The topological polar surface area (TPSA) is 60.5 Å². The smallest absolute Gasteiger partial charge is 0.412 e. The molecular weight excluding hydrogens is 382 g/mol. The number of aromatic nitrogens is 1. The van der Waals surface area contributed by atoms with Gasteiger partial charge < -0.3 is 9.47 Å². The molecule has 1 heterocycles. The van der Waals surface area contributed by atoms with Gasteiger partial charge >= 0.3 is 6.09 Å². The number of carbonyl (C=O) groups excluding carboxylic acids is 1. The summed E-state index contributed by atoms with van der Waals surface area (Å²) in [5, 5.41) is 2.88. The van der Waals surface area contributed by atoms with Crippen LogP contribution in [0.25, 0.3) is 0 Å². The monoisotopic (exact) mass is 398 g/mol. The molecule has 0 radical (unpaired) electrons. The van der Waals surface area contributed by atoms with Gasteiger partial charge in [0.1, 0.15) is 10.8 Å². The average molecular weight is 399 g/mol. The van der Waals surface area contributed by atoms with Crippen molar-refractivity contribution in [1.82, 2.24) is 4.98 Å². The van der Waals surface area contributed by atoms with E-state index in [0.29, 0.717) is 21.7 Å². The molecule has 7 heteroatoms. The molecule has 106 valence electrons. The van der Waals surface area contributed by atoms with Gasteiger partial charge in [-0.25, -0.2) is 9.78 Å². The molecule has 0 bridgehead atoms. The quantitative estimate of drug-likeness (QED) is 0.615. The molecular formula is C12H16ClIN2O3. The van der Waals surface area contributed by atoms with E-state index in [0.717, 1.165) is 0 Å². The molecule has 1 amide bonds. The Kier molecular flexibility index (Phi) is 5.66. The first kappa shape index (κ1) is 16.3. The Morgan fingerprint density at radius 3 is 2.68 bits per heavy atom. The lowest BCUT2D eigenvalue weighted by atomic mass is 10.2. The SMILES string of the molecule is CCOc1nc(Cl)cc(NC(=O)OC(C)(C)C)c1I. The summed E-state index contributed by atoms with van der Waals surface area (Å²) in [7, 11) is 0. The van der Waals surface area contributed by atoms with Crippen molar-refractivity contribution in [3.8, 4) is 5.88 Å². The number of ether oxygens (including phenoxy) is 2. The van der Waals surface area contributed by atoms with E-state index in [4.69, 9.17) is 21.1 Å². The second-order valence-corrected chi connectivity index (χ2v) is 6.14. The number of nitrogens with one attached hydrogen (secondary N) is 1. The van der Waals surface area contributed by atoms with Crippen molar-refractivity contribution in [1.29, 1.82) is 0 Å². The van der Waals surface area contributed by atoms with Crippen LogP contribution < -0.4 is 10.1 Å². The highest BCUT2D eigenvalue weighted by atomic mass is 127. The van der Waals surface area contributed by atoms with Crippen LogP contribution in [0.2, 0.25) is 5.15 Å². The van der Waals surface area contributed by atoms with E-state index in [-0.39, 0.29) is 5.15 Å². The zero-order valence-corrected chi connectivity index (χ0v) is 14.1. The maximum absolute atomic E-state index is 11.7. The minimum atomic E-state index is -0.560. The molecule has 0 saturated carbocycles. The van der Waals surface area contributed by atoms with Crippen LogP contribution in [0, 0.1) is 3.57 Å². The fraction of sp³-hybridized carbons (Fsp3) is 0.500. The summed E-state index contributed by atoms with van der Waals surface area (Å²) in [5.74, 6) is 0.390. The van der Waals surface area contributed by atoms with Crippen LogP contribution in [0.15, 0.2) is 6.07 Å². The number of amides is 1. The molecule has 19 heavy (non-hydrogen) atoms. The van der Waals surface area contributed by atoms with Crippen molar-refractivity contribution >= 4 is 46.0 Å². The molecule has 0 aliphatic carbocycles. The van der Waals surface area contributed by atoms with Crippen molar-refractivity contribution in [2.45, 2.75) is 33.3 Å². The Hall–Kier alpha value is -0.760. The maximum Gasteiger partial charge on any atom is 0.412 e. The highest BCUT2D eigenvalue weighted by molar-refractivity contribution is 14.1. The van der Waals surface area contributed by atoms with Crippen LogP contribution in [0.3, 0.4) is 0 Å². The third-order valence-corrected chi connectivity index (χ3v) is 3.05. The third-order valence-electron chi connectivity index (χ3n) is 1.81. The van der Waals surface area contributed by atoms with E-state index in [2.05, 4.69) is 10.3 Å². The first-order valence-corrected chi connectivity index (χ1v) is 7.17. The van der Waals surface area contributed by atoms with Crippen LogP contribution in [0.5, 0.6) is 5.88 Å². The van der Waals surface area contributed by atoms with Gasteiger partial charge in [0, 0.05) is 6.07 Å². The largest absolute Gasteiger partial charge is 0.477 e. The number of rotatable bonds is 3. The van der Waals surface area contributed by atoms with E-state index >= 15 is 0 Å². The van der Waals surface area contributed by atoms with Crippen LogP contribution in [0.4, 0.5) is 10.5 Å². The molecule has 1 aromatic rings. The number of hydrogen-bond donors (Lipinski definition) is 1. The Morgan fingerprint density at radius 1 is 1.53 bits per heavy atom. The fourth-order valence-electron chi connectivity index (χ4n) is 1.21. The molecule has 0 aromatic carbocycles. The molecule has 1 aromatic heterocycles. The summed E-state index contributed by atoms with van der Waals surface area (Å²) in [6.07, 6.45) is -0.546. The van der Waals surface area contributed by atoms with Crippen LogP contribution in [-0.4, -0.2) is 23.3 Å². The van der Waals surface area contributed by atoms with Gasteiger partial charge in [0.15, 0.2) is 0 Å². The zero-order valence-electron chi connectivity index (χ0n) is 11.2. The number of halogens is 2. The summed E-state index contributed by atoms with van der Waals surface area (Å²) in [5.41, 5.74) is -0.0481. The Balaban J connectivity index is 2.92. The van der Waals surface area contributed by atoms with Gasteiger partial charge in [0.2, 0.25) is 5.88 Å². The van der Waals surface area contributed by atoms with E-state index in [9.17, 15) is 4.79 Å². The standard InChI is InChI=1S/C12H16ClIN2O3/c1-5-18-10-9(14)7(6-8(13)16-10)15-11(17)19-12(2,3)4/h6H,5H2,1-4H3,(H,15,16,17). The second kappa shape index (κ2) is 6.60. The summed E-state index contributed by atoms with van der Waals surface area (Å²) < 4.78 is 11.2. The first-order chi connectivity index (χ1) is 8.73. The highest BCUT2D eigenvalue weighted by Crippen LogP contribution is 2.29. The van der Waals surface area contributed by atoms with Crippen molar-refractivity contribution in [3.63, 3.8) is 0 Å². The molecule has 1 rings (SSSR count). The lowest BCUT2D eigenvalue weighted by Crippen LogP contribution is -2.27. The number of anilines is 1. The first-order valence-electron chi connectivity index (χ1n) is 5.71. The zero-order chi connectivity index (χ0) is 14.6. The highest BCUT2D eigenvalue weighted by Gasteiger charge is 2.19. The fourth-order valence-corrected chi connectivity index (χ4v) is 1.97. The summed E-state index contributed by atoms with van der Waals surface area (Å²) >= 11 is 7.92. The normalized spacial score (nSPS) is 11.1. The Bertz CT molecular complexity index is 475. The molecule has 0 saturated heterocycles. The number of carbonyl (C=O) groups is 1. The average Bonchev–Trinajstić information content (AvgIpc) is 2.22.